The van der Waals surface area contributed by atoms with Crippen LogP contribution >= 0.6 is 0 Å². The first-order valence-corrected chi connectivity index (χ1v) is 9.49. The molecule has 0 atom stereocenters. The Bertz CT molecular complexity index is 910. The van der Waals surface area contributed by atoms with Crippen molar-refractivity contribution < 1.29 is 4.79 Å². The quantitative estimate of drug-likeness (QED) is 0.668. The SMILES string of the molecule is Cc1ccc(-c2cnn(C(=O)N(CCc3ccncc3)CC(C)(C)C)n2)cc1. The van der Waals surface area contributed by atoms with Crippen LogP contribution in [-0.4, -0.2) is 44.0 Å². The Morgan fingerprint density at radius 2 is 1.75 bits per heavy atom. The Morgan fingerprint density at radius 3 is 2.39 bits per heavy atom. The van der Waals surface area contributed by atoms with Crippen molar-refractivity contribution >= 4 is 6.03 Å². The van der Waals surface area contributed by atoms with Gasteiger partial charge in [0.2, 0.25) is 0 Å². The number of carbonyl (C=O) groups excluding carboxylic acids is 1. The number of hydrogen-bond donors (Lipinski definition) is 0. The number of benzene rings is 1. The average molecular weight is 377 g/mol. The fraction of sp³-hybridized carbons (Fsp3) is 0.364. The maximum atomic E-state index is 13.1. The lowest BCUT2D eigenvalue weighted by molar-refractivity contribution is 0.169. The van der Waals surface area contributed by atoms with Gasteiger partial charge in [0.1, 0.15) is 5.69 Å². The molecule has 0 unspecified atom stereocenters. The molecule has 2 aromatic heterocycles. The summed E-state index contributed by atoms with van der Waals surface area (Å²) in [5.41, 5.74) is 3.94. The summed E-state index contributed by atoms with van der Waals surface area (Å²) in [7, 11) is 0. The summed E-state index contributed by atoms with van der Waals surface area (Å²) < 4.78 is 0. The fourth-order valence-corrected chi connectivity index (χ4v) is 2.97. The maximum absolute atomic E-state index is 13.1. The smallest absolute Gasteiger partial charge is 0.321 e. The van der Waals surface area contributed by atoms with E-state index in [1.54, 1.807) is 18.6 Å². The minimum atomic E-state index is -0.206. The van der Waals surface area contributed by atoms with E-state index in [-0.39, 0.29) is 11.4 Å². The second-order valence-corrected chi connectivity index (χ2v) is 8.26. The summed E-state index contributed by atoms with van der Waals surface area (Å²) in [5, 5.41) is 8.65. The van der Waals surface area contributed by atoms with Gasteiger partial charge in [-0.05, 0) is 36.5 Å². The predicted octanol–water partition coefficient (Wildman–Crippen LogP) is 4.21. The predicted molar refractivity (Wildman–Crippen MR) is 110 cm³/mol. The van der Waals surface area contributed by atoms with Crippen molar-refractivity contribution in [3.8, 4) is 11.3 Å². The lowest BCUT2D eigenvalue weighted by atomic mass is 9.96. The van der Waals surface area contributed by atoms with Gasteiger partial charge >= 0.3 is 6.03 Å². The molecule has 0 fully saturated rings. The van der Waals surface area contributed by atoms with Crippen LogP contribution in [0.15, 0.2) is 55.0 Å². The van der Waals surface area contributed by atoms with E-state index < -0.39 is 0 Å². The number of pyridine rings is 1. The maximum Gasteiger partial charge on any atom is 0.362 e. The fourth-order valence-electron chi connectivity index (χ4n) is 2.97. The summed E-state index contributed by atoms with van der Waals surface area (Å²) >= 11 is 0. The number of rotatable bonds is 5. The monoisotopic (exact) mass is 377 g/mol. The number of aryl methyl sites for hydroxylation is 1. The van der Waals surface area contributed by atoms with Gasteiger partial charge in [-0.25, -0.2) is 4.79 Å². The van der Waals surface area contributed by atoms with E-state index in [2.05, 4.69) is 36.0 Å². The van der Waals surface area contributed by atoms with Crippen LogP contribution in [0.4, 0.5) is 4.79 Å². The number of aromatic nitrogens is 4. The molecule has 0 aliphatic rings. The first-order chi connectivity index (χ1) is 13.3. The first kappa shape index (κ1) is 19.7. The molecule has 3 rings (SSSR count). The number of nitrogens with zero attached hydrogens (tertiary/aromatic N) is 5. The number of amides is 1. The molecule has 0 saturated carbocycles. The summed E-state index contributed by atoms with van der Waals surface area (Å²) in [5.74, 6) is 0. The van der Waals surface area contributed by atoms with E-state index in [0.29, 0.717) is 18.8 Å². The average Bonchev–Trinajstić information content (AvgIpc) is 3.15. The van der Waals surface area contributed by atoms with Gasteiger partial charge in [0.25, 0.3) is 0 Å². The Morgan fingerprint density at radius 1 is 1.07 bits per heavy atom. The van der Waals surface area contributed by atoms with Crippen LogP contribution in [0, 0.1) is 12.3 Å². The molecular weight excluding hydrogens is 350 g/mol. The third-order valence-corrected chi connectivity index (χ3v) is 4.37. The van der Waals surface area contributed by atoms with Crippen molar-refractivity contribution in [3.05, 3.63) is 66.1 Å². The highest BCUT2D eigenvalue weighted by Crippen LogP contribution is 2.18. The summed E-state index contributed by atoms with van der Waals surface area (Å²) in [6.07, 6.45) is 5.94. The molecule has 0 N–H and O–H groups in total. The van der Waals surface area contributed by atoms with Gasteiger partial charge in [0.15, 0.2) is 0 Å². The van der Waals surface area contributed by atoms with Gasteiger partial charge in [-0.2, -0.15) is 5.10 Å². The van der Waals surface area contributed by atoms with Gasteiger partial charge in [0.05, 0.1) is 6.20 Å². The van der Waals surface area contributed by atoms with E-state index in [0.717, 1.165) is 17.5 Å². The highest BCUT2D eigenvalue weighted by molar-refractivity contribution is 5.75. The highest BCUT2D eigenvalue weighted by Gasteiger charge is 2.23. The molecule has 0 radical (unpaired) electrons. The van der Waals surface area contributed by atoms with Crippen molar-refractivity contribution in [2.75, 3.05) is 13.1 Å². The van der Waals surface area contributed by atoms with E-state index in [1.807, 2.05) is 48.2 Å². The van der Waals surface area contributed by atoms with E-state index in [9.17, 15) is 4.79 Å². The largest absolute Gasteiger partial charge is 0.362 e. The van der Waals surface area contributed by atoms with E-state index >= 15 is 0 Å². The lowest BCUT2D eigenvalue weighted by Crippen LogP contribution is -2.42. The van der Waals surface area contributed by atoms with E-state index in [1.165, 1.54) is 10.4 Å². The number of carbonyl (C=O) groups is 1. The summed E-state index contributed by atoms with van der Waals surface area (Å²) in [6, 6.07) is 11.8. The van der Waals surface area contributed by atoms with Crippen molar-refractivity contribution in [3.63, 3.8) is 0 Å². The van der Waals surface area contributed by atoms with Crippen molar-refractivity contribution in [1.82, 2.24) is 24.9 Å². The molecule has 0 aliphatic heterocycles. The molecule has 6 heteroatoms. The first-order valence-electron chi connectivity index (χ1n) is 9.49. The molecule has 28 heavy (non-hydrogen) atoms. The normalized spacial score (nSPS) is 11.4. The van der Waals surface area contributed by atoms with Crippen LogP contribution in [0.1, 0.15) is 31.9 Å². The third-order valence-electron chi connectivity index (χ3n) is 4.37. The van der Waals surface area contributed by atoms with Crippen LogP contribution in [0.25, 0.3) is 11.3 Å². The molecule has 0 spiro atoms. The molecular formula is C22H27N5O. The van der Waals surface area contributed by atoms with Crippen molar-refractivity contribution in [1.29, 1.82) is 0 Å². The minimum absolute atomic E-state index is 0.0269. The topological polar surface area (TPSA) is 63.9 Å². The van der Waals surface area contributed by atoms with Gasteiger partial charge in [-0.15, -0.1) is 5.10 Å². The molecule has 6 nitrogen and oxygen atoms in total. The number of hydrogen-bond acceptors (Lipinski definition) is 4. The summed E-state index contributed by atoms with van der Waals surface area (Å²) in [6.45, 7) is 9.62. The van der Waals surface area contributed by atoms with Gasteiger partial charge in [-0.1, -0.05) is 55.4 Å². The zero-order valence-electron chi connectivity index (χ0n) is 17.0. The van der Waals surface area contributed by atoms with Crippen LogP contribution in [0.2, 0.25) is 0 Å². The Labute approximate surface area is 166 Å². The van der Waals surface area contributed by atoms with Crippen LogP contribution < -0.4 is 0 Å². The summed E-state index contributed by atoms with van der Waals surface area (Å²) in [4.78, 5) is 20.2. The Kier molecular flexibility index (Phi) is 5.87. The van der Waals surface area contributed by atoms with Gasteiger partial charge in [0, 0.05) is 31.0 Å². The van der Waals surface area contributed by atoms with Crippen LogP contribution in [0.5, 0.6) is 0 Å². The highest BCUT2D eigenvalue weighted by atomic mass is 16.2. The zero-order chi connectivity index (χ0) is 20.1. The molecule has 2 heterocycles. The third kappa shape index (κ3) is 5.25. The van der Waals surface area contributed by atoms with Crippen LogP contribution in [-0.2, 0) is 6.42 Å². The standard InChI is InChI=1S/C22H27N5O/c1-17-5-7-19(8-6-17)20-15-24-27(25-20)21(28)26(16-22(2,3)4)14-11-18-9-12-23-13-10-18/h5-10,12-13,15H,11,14,16H2,1-4H3. The van der Waals surface area contributed by atoms with E-state index in [4.69, 9.17) is 0 Å². The molecule has 3 aromatic rings. The van der Waals surface area contributed by atoms with Gasteiger partial charge in [-0.3, -0.25) is 4.98 Å². The Balaban J connectivity index is 1.77. The zero-order valence-corrected chi connectivity index (χ0v) is 17.0. The van der Waals surface area contributed by atoms with Crippen molar-refractivity contribution in [2.45, 2.75) is 34.1 Å². The molecule has 1 amide bonds. The molecule has 1 aromatic carbocycles. The lowest BCUT2D eigenvalue weighted by Gasteiger charge is -2.29. The molecule has 0 aliphatic carbocycles. The second kappa shape index (κ2) is 8.33. The second-order valence-electron chi connectivity index (χ2n) is 8.26. The molecule has 146 valence electrons. The Hall–Kier alpha value is -3.02. The van der Waals surface area contributed by atoms with Crippen LogP contribution in [0.3, 0.4) is 0 Å². The van der Waals surface area contributed by atoms with Crippen molar-refractivity contribution in [2.24, 2.45) is 5.41 Å². The molecule has 0 bridgehead atoms. The molecule has 0 saturated heterocycles. The minimum Gasteiger partial charge on any atom is -0.321 e. The van der Waals surface area contributed by atoms with Gasteiger partial charge < -0.3 is 4.90 Å².